The molecule has 0 spiro atoms. The second-order valence-corrected chi connectivity index (χ2v) is 5.58. The lowest BCUT2D eigenvalue weighted by molar-refractivity contribution is -0.123. The number of carbonyl (C=O) groups is 1. The van der Waals surface area contributed by atoms with E-state index in [2.05, 4.69) is 5.32 Å². The van der Waals surface area contributed by atoms with Gasteiger partial charge in [-0.1, -0.05) is 43.2 Å². The summed E-state index contributed by atoms with van der Waals surface area (Å²) in [5.41, 5.74) is 7.13. The van der Waals surface area contributed by atoms with Crippen LogP contribution in [-0.2, 0) is 4.79 Å². The topological polar surface area (TPSA) is 75.4 Å². The Bertz CT molecular complexity index is 422. The van der Waals surface area contributed by atoms with E-state index in [-0.39, 0.29) is 18.0 Å². The van der Waals surface area contributed by atoms with E-state index in [1.54, 1.807) is 0 Å². The Kier molecular flexibility index (Phi) is 5.56. The van der Waals surface area contributed by atoms with Crippen molar-refractivity contribution in [3.63, 3.8) is 0 Å². The van der Waals surface area contributed by atoms with Gasteiger partial charge in [-0.15, -0.1) is 0 Å². The van der Waals surface area contributed by atoms with Crippen LogP contribution in [-0.4, -0.2) is 23.2 Å². The van der Waals surface area contributed by atoms with Crippen LogP contribution in [0.25, 0.3) is 0 Å². The smallest absolute Gasteiger partial charge is 0.220 e. The van der Waals surface area contributed by atoms with Crippen LogP contribution >= 0.6 is 0 Å². The lowest BCUT2D eigenvalue weighted by Gasteiger charge is -2.28. The fourth-order valence-electron chi connectivity index (χ4n) is 2.71. The highest BCUT2D eigenvalue weighted by atomic mass is 16.3. The minimum absolute atomic E-state index is 0.0117. The van der Waals surface area contributed by atoms with E-state index in [1.807, 2.05) is 30.3 Å². The molecule has 1 aliphatic rings. The number of nitrogens with one attached hydrogen (secondary N) is 1. The van der Waals surface area contributed by atoms with E-state index < -0.39 is 6.10 Å². The summed E-state index contributed by atoms with van der Waals surface area (Å²) in [6.07, 6.45) is 4.41. The van der Waals surface area contributed by atoms with Crippen molar-refractivity contribution in [2.75, 3.05) is 0 Å². The zero-order chi connectivity index (χ0) is 14.4. The summed E-state index contributed by atoms with van der Waals surface area (Å²) in [5.74, 6) is -0.0117. The molecule has 1 saturated carbocycles. The van der Waals surface area contributed by atoms with Gasteiger partial charge in [-0.3, -0.25) is 4.79 Å². The van der Waals surface area contributed by atoms with Crippen LogP contribution in [0.4, 0.5) is 0 Å². The van der Waals surface area contributed by atoms with Crippen LogP contribution in [0.3, 0.4) is 0 Å². The molecular weight excluding hydrogens is 252 g/mol. The van der Waals surface area contributed by atoms with Gasteiger partial charge in [0.25, 0.3) is 0 Å². The van der Waals surface area contributed by atoms with Crippen molar-refractivity contribution in [3.8, 4) is 0 Å². The van der Waals surface area contributed by atoms with Crippen LogP contribution in [0.15, 0.2) is 30.3 Å². The third kappa shape index (κ3) is 4.32. The highest BCUT2D eigenvalue weighted by Crippen LogP contribution is 2.19. The van der Waals surface area contributed by atoms with Gasteiger partial charge in [-0.2, -0.15) is 0 Å². The molecule has 0 aliphatic heterocycles. The first-order chi connectivity index (χ1) is 9.66. The first kappa shape index (κ1) is 15.0. The van der Waals surface area contributed by atoms with Crippen LogP contribution in [0.2, 0.25) is 0 Å². The number of benzene rings is 1. The van der Waals surface area contributed by atoms with Gasteiger partial charge >= 0.3 is 0 Å². The van der Waals surface area contributed by atoms with Gasteiger partial charge in [-0.25, -0.2) is 0 Å². The molecule has 1 amide bonds. The van der Waals surface area contributed by atoms with E-state index in [4.69, 9.17) is 5.73 Å². The van der Waals surface area contributed by atoms with Crippen molar-refractivity contribution in [3.05, 3.63) is 35.9 Å². The van der Waals surface area contributed by atoms with Gasteiger partial charge in [0, 0.05) is 12.5 Å². The third-order valence-electron chi connectivity index (χ3n) is 3.99. The molecule has 0 saturated heterocycles. The number of nitrogens with two attached hydrogens (primary N) is 1. The Morgan fingerprint density at radius 1 is 1.30 bits per heavy atom. The quantitative estimate of drug-likeness (QED) is 0.768. The normalized spacial score (nSPS) is 24.1. The van der Waals surface area contributed by atoms with Crippen LogP contribution in [0.1, 0.15) is 50.1 Å². The molecule has 0 bridgehead atoms. The Labute approximate surface area is 120 Å². The maximum Gasteiger partial charge on any atom is 0.220 e. The molecule has 4 N–H and O–H groups in total. The number of carbonyl (C=O) groups excluding carboxylic acids is 1. The molecule has 4 heteroatoms. The maximum atomic E-state index is 11.9. The molecule has 3 atom stereocenters. The molecule has 0 radical (unpaired) electrons. The fraction of sp³-hybridized carbons (Fsp3) is 0.562. The first-order valence-corrected chi connectivity index (χ1v) is 7.45. The van der Waals surface area contributed by atoms with Crippen molar-refractivity contribution in [2.45, 2.75) is 56.7 Å². The zero-order valence-electron chi connectivity index (χ0n) is 11.8. The summed E-state index contributed by atoms with van der Waals surface area (Å²) in [6.45, 7) is 0. The minimum atomic E-state index is -0.393. The monoisotopic (exact) mass is 276 g/mol. The molecular formula is C16H24N2O2. The highest BCUT2D eigenvalue weighted by Gasteiger charge is 2.24. The van der Waals surface area contributed by atoms with Crippen molar-refractivity contribution >= 4 is 5.91 Å². The van der Waals surface area contributed by atoms with Crippen LogP contribution in [0, 0.1) is 0 Å². The van der Waals surface area contributed by atoms with Crippen molar-refractivity contribution in [1.29, 1.82) is 0 Å². The maximum absolute atomic E-state index is 11.9. The number of rotatable bonds is 5. The van der Waals surface area contributed by atoms with Gasteiger partial charge in [0.2, 0.25) is 5.91 Å². The zero-order valence-corrected chi connectivity index (χ0v) is 11.8. The van der Waals surface area contributed by atoms with Gasteiger partial charge in [0.1, 0.15) is 0 Å². The molecule has 20 heavy (non-hydrogen) atoms. The summed E-state index contributed by atoms with van der Waals surface area (Å²) >= 11 is 0. The summed E-state index contributed by atoms with van der Waals surface area (Å²) in [4.78, 5) is 11.9. The predicted octanol–water partition coefficient (Wildman–Crippen LogP) is 1.89. The molecule has 0 heterocycles. The fourth-order valence-corrected chi connectivity index (χ4v) is 2.71. The van der Waals surface area contributed by atoms with E-state index in [0.717, 1.165) is 31.2 Å². The van der Waals surface area contributed by atoms with E-state index in [1.165, 1.54) is 0 Å². The molecule has 1 aliphatic carbocycles. The lowest BCUT2D eigenvalue weighted by atomic mass is 9.92. The van der Waals surface area contributed by atoms with Gasteiger partial charge in [-0.05, 0) is 24.8 Å². The summed E-state index contributed by atoms with van der Waals surface area (Å²) in [7, 11) is 0. The predicted molar refractivity (Wildman–Crippen MR) is 79.0 cm³/mol. The lowest BCUT2D eigenvalue weighted by Crippen LogP contribution is -2.45. The van der Waals surface area contributed by atoms with E-state index >= 15 is 0 Å². The van der Waals surface area contributed by atoms with Gasteiger partial charge in [0.05, 0.1) is 12.1 Å². The number of aliphatic hydroxyl groups is 1. The standard InChI is InChI=1S/C16H24N2O2/c17-13(12-6-2-1-3-7-12)10-11-16(20)18-14-8-4-5-9-15(14)19/h1-3,6-7,13-15,19H,4-5,8-11,17H2,(H,18,20)/t13?,14-,15-/m1/s1. The Morgan fingerprint density at radius 2 is 2.00 bits per heavy atom. The number of hydrogen-bond donors (Lipinski definition) is 3. The SMILES string of the molecule is NC(CCC(=O)N[C@@H]1CCCC[C@H]1O)c1ccccc1. The first-order valence-electron chi connectivity index (χ1n) is 7.45. The molecule has 4 nitrogen and oxygen atoms in total. The summed E-state index contributed by atoms with van der Waals surface area (Å²) in [6, 6.07) is 9.62. The second-order valence-electron chi connectivity index (χ2n) is 5.58. The van der Waals surface area contributed by atoms with Crippen LogP contribution in [0.5, 0.6) is 0 Å². The van der Waals surface area contributed by atoms with E-state index in [0.29, 0.717) is 12.8 Å². The van der Waals surface area contributed by atoms with Gasteiger partial charge in [0.15, 0.2) is 0 Å². The van der Waals surface area contributed by atoms with Crippen molar-refractivity contribution < 1.29 is 9.90 Å². The Morgan fingerprint density at radius 3 is 2.70 bits per heavy atom. The van der Waals surface area contributed by atoms with Crippen LogP contribution < -0.4 is 11.1 Å². The number of amides is 1. The highest BCUT2D eigenvalue weighted by molar-refractivity contribution is 5.76. The minimum Gasteiger partial charge on any atom is -0.391 e. The van der Waals surface area contributed by atoms with E-state index in [9.17, 15) is 9.90 Å². The van der Waals surface area contributed by atoms with Crippen molar-refractivity contribution in [2.24, 2.45) is 5.73 Å². The summed E-state index contributed by atoms with van der Waals surface area (Å²) < 4.78 is 0. The molecule has 1 unspecified atom stereocenters. The molecule has 1 fully saturated rings. The Balaban J connectivity index is 1.74. The molecule has 1 aromatic rings. The molecule has 1 aromatic carbocycles. The largest absolute Gasteiger partial charge is 0.391 e. The van der Waals surface area contributed by atoms with Gasteiger partial charge < -0.3 is 16.2 Å². The summed E-state index contributed by atoms with van der Waals surface area (Å²) in [5, 5.41) is 12.8. The Hall–Kier alpha value is -1.39. The van der Waals surface area contributed by atoms with Crippen molar-refractivity contribution in [1.82, 2.24) is 5.32 Å². The molecule has 2 rings (SSSR count). The average Bonchev–Trinajstić information content (AvgIpc) is 2.48. The molecule has 0 aromatic heterocycles. The second kappa shape index (κ2) is 7.41. The average molecular weight is 276 g/mol. The third-order valence-corrected chi connectivity index (χ3v) is 3.99. The number of hydrogen-bond acceptors (Lipinski definition) is 3. The molecule has 110 valence electrons. The number of aliphatic hydroxyl groups excluding tert-OH is 1.